The van der Waals surface area contributed by atoms with E-state index in [1.54, 1.807) is 0 Å². The van der Waals surface area contributed by atoms with Crippen LogP contribution >= 0.6 is 0 Å². The van der Waals surface area contributed by atoms with Crippen LogP contribution in [0.2, 0.25) is 0 Å². The molecule has 0 heterocycles. The summed E-state index contributed by atoms with van der Waals surface area (Å²) in [5.74, 6) is -0.502. The molecule has 6 nitrogen and oxygen atoms in total. The molecule has 0 fully saturated rings. The Morgan fingerprint density at radius 3 is 1.29 bits per heavy atom. The second kappa shape index (κ2) is 53.8. The number of hydrogen-bond acceptors (Lipinski definition) is 5. The maximum Gasteiger partial charge on any atom is 0.306 e. The fraction of sp³-hybridized carbons (Fsp3) is 0.833. The molecule has 386 valence electrons. The zero-order valence-corrected chi connectivity index (χ0v) is 44.1. The van der Waals surface area contributed by atoms with Gasteiger partial charge in [-0.2, -0.15) is 0 Å². The van der Waals surface area contributed by atoms with Crippen LogP contribution in [0.3, 0.4) is 0 Å². The van der Waals surface area contributed by atoms with E-state index >= 15 is 0 Å². The summed E-state index contributed by atoms with van der Waals surface area (Å²) in [5.41, 5.74) is 0. The van der Waals surface area contributed by atoms with E-state index in [0.29, 0.717) is 19.3 Å². The smallest absolute Gasteiger partial charge is 0.306 e. The first-order chi connectivity index (χ1) is 32.5. The SMILES string of the molecule is CC/C=C/C=C/C=C\CCCCCC(CC(=O)NC(CO)C(O)CCCCCCCCCCCCCCCCCCC)OC(=O)CCCCCCCCCCC/C=C/CCCCCCCC. The van der Waals surface area contributed by atoms with Gasteiger partial charge >= 0.3 is 5.97 Å². The number of rotatable bonds is 52. The molecule has 0 aromatic rings. The molecule has 0 saturated carbocycles. The van der Waals surface area contributed by atoms with Crippen LogP contribution in [0.4, 0.5) is 0 Å². The number of hydrogen-bond donors (Lipinski definition) is 3. The van der Waals surface area contributed by atoms with E-state index in [4.69, 9.17) is 4.74 Å². The standard InChI is InChI=1S/C60H111NO5/c1-4-7-10-13-16-19-22-24-26-28-29-31-33-35-38-41-44-47-50-53-60(65)66-56(51-48-45-42-39-36-21-18-15-12-9-6-3)54-59(64)61-57(55-62)58(63)52-49-46-43-40-37-34-32-30-27-25-23-20-17-14-11-8-5-2/h9,12,15,18,21,24,26,36,56-58,62-63H,4-8,10-11,13-14,16-17,19-20,22-23,25,27-35,37-55H2,1-3H3,(H,61,64)/b12-9+,18-15+,26-24+,36-21-. The van der Waals surface area contributed by atoms with Gasteiger partial charge in [0.05, 0.1) is 25.2 Å². The van der Waals surface area contributed by atoms with E-state index in [9.17, 15) is 19.8 Å². The van der Waals surface area contributed by atoms with Crippen molar-refractivity contribution in [2.24, 2.45) is 0 Å². The van der Waals surface area contributed by atoms with Crippen LogP contribution in [-0.2, 0) is 14.3 Å². The summed E-state index contributed by atoms with van der Waals surface area (Å²) in [6.07, 6.45) is 66.2. The first-order valence-corrected chi connectivity index (χ1v) is 28.9. The van der Waals surface area contributed by atoms with Crippen molar-refractivity contribution < 1.29 is 24.5 Å². The molecule has 0 aliphatic heterocycles. The summed E-state index contributed by atoms with van der Waals surface area (Å²) in [6, 6.07) is -0.713. The minimum Gasteiger partial charge on any atom is -0.462 e. The highest BCUT2D eigenvalue weighted by Crippen LogP contribution is 2.18. The number of aliphatic hydroxyl groups is 2. The van der Waals surface area contributed by atoms with E-state index in [0.717, 1.165) is 70.6 Å². The lowest BCUT2D eigenvalue weighted by atomic mass is 10.0. The first kappa shape index (κ1) is 63.8. The zero-order valence-electron chi connectivity index (χ0n) is 44.1. The molecule has 0 rings (SSSR count). The number of nitrogens with one attached hydrogen (secondary N) is 1. The van der Waals surface area contributed by atoms with E-state index in [1.807, 2.05) is 6.08 Å². The Labute approximate surface area is 410 Å². The third-order valence-electron chi connectivity index (χ3n) is 13.2. The molecule has 0 aromatic heterocycles. The van der Waals surface area contributed by atoms with Crippen molar-refractivity contribution in [2.75, 3.05) is 6.61 Å². The number of allylic oxidation sites excluding steroid dienone is 8. The highest BCUT2D eigenvalue weighted by Gasteiger charge is 2.24. The second-order valence-electron chi connectivity index (χ2n) is 19.7. The van der Waals surface area contributed by atoms with Crippen molar-refractivity contribution in [3.63, 3.8) is 0 Å². The summed E-state index contributed by atoms with van der Waals surface area (Å²) in [4.78, 5) is 26.2. The molecule has 0 aliphatic carbocycles. The molecule has 0 saturated heterocycles. The molecule has 1 amide bonds. The van der Waals surface area contributed by atoms with Crippen LogP contribution in [0, 0.1) is 0 Å². The third-order valence-corrected chi connectivity index (χ3v) is 13.2. The predicted molar refractivity (Wildman–Crippen MR) is 287 cm³/mol. The average molecular weight is 927 g/mol. The number of aliphatic hydroxyl groups excluding tert-OH is 2. The Morgan fingerprint density at radius 1 is 0.455 bits per heavy atom. The number of ether oxygens (including phenoxy) is 1. The van der Waals surface area contributed by atoms with Gasteiger partial charge in [0.2, 0.25) is 5.91 Å². The van der Waals surface area contributed by atoms with Gasteiger partial charge in [0.15, 0.2) is 0 Å². The van der Waals surface area contributed by atoms with Crippen LogP contribution in [0.15, 0.2) is 48.6 Å². The molecule has 0 bridgehead atoms. The van der Waals surface area contributed by atoms with Crippen molar-refractivity contribution >= 4 is 11.9 Å². The van der Waals surface area contributed by atoms with Crippen molar-refractivity contribution in [3.8, 4) is 0 Å². The highest BCUT2D eigenvalue weighted by atomic mass is 16.5. The van der Waals surface area contributed by atoms with E-state index in [-0.39, 0.29) is 24.9 Å². The minimum atomic E-state index is -0.798. The van der Waals surface area contributed by atoms with Crippen LogP contribution in [-0.4, -0.2) is 46.9 Å². The maximum atomic E-state index is 13.2. The molecule has 66 heavy (non-hydrogen) atoms. The van der Waals surface area contributed by atoms with Crippen LogP contribution in [0.25, 0.3) is 0 Å². The molecule has 3 N–H and O–H groups in total. The van der Waals surface area contributed by atoms with Crippen molar-refractivity contribution in [2.45, 2.75) is 315 Å². The zero-order chi connectivity index (χ0) is 48.1. The summed E-state index contributed by atoms with van der Waals surface area (Å²) in [6.45, 7) is 6.37. The molecule has 6 heteroatoms. The molecule has 0 spiro atoms. The van der Waals surface area contributed by atoms with Crippen LogP contribution < -0.4 is 5.32 Å². The lowest BCUT2D eigenvalue weighted by Crippen LogP contribution is -2.46. The number of amides is 1. The maximum absolute atomic E-state index is 13.2. The summed E-state index contributed by atoms with van der Waals surface area (Å²) in [5, 5.41) is 23.9. The van der Waals surface area contributed by atoms with Gasteiger partial charge in [-0.15, -0.1) is 0 Å². The number of carbonyl (C=O) groups excluding carboxylic acids is 2. The lowest BCUT2D eigenvalue weighted by Gasteiger charge is -2.24. The van der Waals surface area contributed by atoms with Crippen LogP contribution in [0.5, 0.6) is 0 Å². The van der Waals surface area contributed by atoms with E-state index < -0.39 is 18.2 Å². The molecule has 0 radical (unpaired) electrons. The van der Waals surface area contributed by atoms with Gasteiger partial charge in [-0.1, -0.05) is 262 Å². The Hall–Kier alpha value is -2.18. The Balaban J connectivity index is 4.44. The lowest BCUT2D eigenvalue weighted by molar-refractivity contribution is -0.151. The highest BCUT2D eigenvalue weighted by molar-refractivity contribution is 5.77. The average Bonchev–Trinajstić information content (AvgIpc) is 3.31. The summed E-state index contributed by atoms with van der Waals surface area (Å²) in [7, 11) is 0. The Bertz CT molecular complexity index is 1130. The molecular formula is C60H111NO5. The molecule has 3 atom stereocenters. The number of unbranched alkanes of at least 4 members (excludes halogenated alkanes) is 34. The Morgan fingerprint density at radius 2 is 0.833 bits per heavy atom. The Kier molecular flexibility index (Phi) is 52.0. The normalized spacial score (nSPS) is 13.5. The van der Waals surface area contributed by atoms with E-state index in [1.165, 1.54) is 180 Å². The fourth-order valence-corrected chi connectivity index (χ4v) is 8.84. The van der Waals surface area contributed by atoms with Crippen LogP contribution in [0.1, 0.15) is 297 Å². The largest absolute Gasteiger partial charge is 0.462 e. The minimum absolute atomic E-state index is 0.0551. The molecule has 0 aromatic carbocycles. The summed E-state index contributed by atoms with van der Waals surface area (Å²) >= 11 is 0. The fourth-order valence-electron chi connectivity index (χ4n) is 8.84. The van der Waals surface area contributed by atoms with Gasteiger partial charge in [-0.25, -0.2) is 0 Å². The molecule has 3 unspecified atom stereocenters. The predicted octanol–water partition coefficient (Wildman–Crippen LogP) is 17.8. The summed E-state index contributed by atoms with van der Waals surface area (Å²) < 4.78 is 5.93. The van der Waals surface area contributed by atoms with Gasteiger partial charge in [-0.3, -0.25) is 9.59 Å². The van der Waals surface area contributed by atoms with E-state index in [2.05, 4.69) is 68.6 Å². The van der Waals surface area contributed by atoms with Gasteiger partial charge in [0, 0.05) is 6.42 Å². The molecule has 0 aliphatic rings. The van der Waals surface area contributed by atoms with Gasteiger partial charge < -0.3 is 20.3 Å². The molecular weight excluding hydrogens is 815 g/mol. The van der Waals surface area contributed by atoms with Crippen molar-refractivity contribution in [3.05, 3.63) is 48.6 Å². The first-order valence-electron chi connectivity index (χ1n) is 28.9. The van der Waals surface area contributed by atoms with Gasteiger partial charge in [0.25, 0.3) is 0 Å². The second-order valence-corrected chi connectivity index (χ2v) is 19.7. The number of carbonyl (C=O) groups is 2. The third kappa shape index (κ3) is 48.3. The van der Waals surface area contributed by atoms with Gasteiger partial charge in [0.1, 0.15) is 6.10 Å². The quantitative estimate of drug-likeness (QED) is 0.0244. The topological polar surface area (TPSA) is 95.9 Å². The van der Waals surface area contributed by atoms with Gasteiger partial charge in [-0.05, 0) is 70.6 Å². The van der Waals surface area contributed by atoms with Crippen molar-refractivity contribution in [1.29, 1.82) is 0 Å². The van der Waals surface area contributed by atoms with Crippen molar-refractivity contribution in [1.82, 2.24) is 5.32 Å². The number of esters is 1. The monoisotopic (exact) mass is 926 g/mol.